The summed E-state index contributed by atoms with van der Waals surface area (Å²) in [7, 11) is 2.12. The summed E-state index contributed by atoms with van der Waals surface area (Å²) in [5.74, 6) is 0.137. The molecule has 4 nitrogen and oxygen atoms in total. The second kappa shape index (κ2) is 8.46. The van der Waals surface area contributed by atoms with Gasteiger partial charge in [-0.15, -0.1) is 0 Å². The summed E-state index contributed by atoms with van der Waals surface area (Å²) in [6.45, 7) is 6.71. The first kappa shape index (κ1) is 19.3. The molecule has 142 valence electrons. The van der Waals surface area contributed by atoms with Crippen molar-refractivity contribution in [1.29, 1.82) is 0 Å². The van der Waals surface area contributed by atoms with Gasteiger partial charge in [0.15, 0.2) is 0 Å². The number of aromatic nitrogens is 1. The van der Waals surface area contributed by atoms with E-state index in [0.29, 0.717) is 18.0 Å². The molecule has 5 heteroatoms. The number of hydrogen-bond acceptors (Lipinski definition) is 4. The molecule has 2 aromatic carbocycles. The lowest BCUT2D eigenvalue weighted by atomic mass is 10.0. The Kier molecular flexibility index (Phi) is 6.04. The average molecular weight is 367 g/mol. The molecule has 0 unspecified atom stereocenters. The molecule has 1 N–H and O–H groups in total. The summed E-state index contributed by atoms with van der Waals surface area (Å²) < 4.78 is 18.9. The summed E-state index contributed by atoms with van der Waals surface area (Å²) in [5, 5.41) is 3.53. The van der Waals surface area contributed by atoms with Crippen LogP contribution in [0, 0.1) is 5.82 Å². The molecule has 0 amide bonds. The topological polar surface area (TPSA) is 41.3 Å². The quantitative estimate of drug-likeness (QED) is 0.637. The van der Waals surface area contributed by atoms with Crippen LogP contribution in [-0.2, 0) is 13.1 Å². The fraction of sp³-hybridized carbons (Fsp3) is 0.318. The predicted octanol–water partition coefficient (Wildman–Crippen LogP) is 4.48. The maximum absolute atomic E-state index is 13.4. The van der Waals surface area contributed by atoms with Gasteiger partial charge in [-0.3, -0.25) is 0 Å². The molecule has 0 aliphatic rings. The van der Waals surface area contributed by atoms with E-state index in [0.717, 1.165) is 18.8 Å². The fourth-order valence-corrected chi connectivity index (χ4v) is 3.15. The van der Waals surface area contributed by atoms with Gasteiger partial charge in [0.25, 0.3) is 0 Å². The van der Waals surface area contributed by atoms with Gasteiger partial charge in [0.1, 0.15) is 12.1 Å². The second-order valence-electron chi connectivity index (χ2n) is 7.55. The molecular formula is C22H26FN3O. The molecule has 0 radical (unpaired) electrons. The van der Waals surface area contributed by atoms with Crippen molar-refractivity contribution in [2.24, 2.45) is 0 Å². The lowest BCUT2D eigenvalue weighted by molar-refractivity contribution is 0.227. The maximum atomic E-state index is 13.4. The Balaban J connectivity index is 1.54. The summed E-state index contributed by atoms with van der Waals surface area (Å²) >= 11 is 0. The molecular weight excluding hydrogens is 341 g/mol. The van der Waals surface area contributed by atoms with Crippen LogP contribution >= 0.6 is 0 Å². The van der Waals surface area contributed by atoms with Crippen molar-refractivity contribution < 1.29 is 8.81 Å². The molecule has 3 rings (SSSR count). The molecule has 0 fully saturated rings. The van der Waals surface area contributed by atoms with Gasteiger partial charge in [0.05, 0.1) is 5.69 Å². The van der Waals surface area contributed by atoms with Crippen molar-refractivity contribution >= 4 is 0 Å². The van der Waals surface area contributed by atoms with E-state index in [4.69, 9.17) is 4.42 Å². The number of halogens is 1. The Morgan fingerprint density at radius 3 is 2.63 bits per heavy atom. The van der Waals surface area contributed by atoms with E-state index < -0.39 is 0 Å². The zero-order valence-corrected chi connectivity index (χ0v) is 16.1. The zero-order valence-electron chi connectivity index (χ0n) is 16.1. The third-order valence-corrected chi connectivity index (χ3v) is 4.33. The minimum atomic E-state index is -0.298. The Morgan fingerprint density at radius 2 is 1.89 bits per heavy atom. The monoisotopic (exact) mass is 367 g/mol. The minimum absolute atomic E-state index is 0.0957. The normalized spacial score (nSPS) is 11.9. The third-order valence-electron chi connectivity index (χ3n) is 4.33. The molecule has 0 spiro atoms. The van der Waals surface area contributed by atoms with Gasteiger partial charge in [-0.05, 0) is 44.7 Å². The maximum Gasteiger partial charge on any atom is 0.226 e. The highest BCUT2D eigenvalue weighted by Crippen LogP contribution is 2.19. The fourth-order valence-electron chi connectivity index (χ4n) is 3.15. The van der Waals surface area contributed by atoms with E-state index >= 15 is 0 Å². The number of benzene rings is 2. The van der Waals surface area contributed by atoms with Crippen LogP contribution in [-0.4, -0.2) is 29.0 Å². The van der Waals surface area contributed by atoms with Crippen LogP contribution in [0.3, 0.4) is 0 Å². The van der Waals surface area contributed by atoms with E-state index in [1.807, 2.05) is 6.07 Å². The first-order valence-corrected chi connectivity index (χ1v) is 9.09. The van der Waals surface area contributed by atoms with Crippen molar-refractivity contribution in [3.63, 3.8) is 0 Å². The van der Waals surface area contributed by atoms with Gasteiger partial charge in [-0.1, -0.05) is 36.4 Å². The van der Waals surface area contributed by atoms with E-state index in [-0.39, 0.29) is 11.4 Å². The number of likely N-dealkylation sites (N-methyl/N-ethyl adjacent to an activating group) is 1. The van der Waals surface area contributed by atoms with Gasteiger partial charge >= 0.3 is 0 Å². The average Bonchev–Trinajstić information content (AvgIpc) is 3.10. The van der Waals surface area contributed by atoms with Gasteiger partial charge in [-0.25, -0.2) is 9.37 Å². The summed E-state index contributed by atoms with van der Waals surface area (Å²) in [5.41, 5.74) is 2.64. The number of nitrogens with zero attached hydrogens (tertiary/aromatic N) is 2. The molecule has 0 atom stereocenters. The smallest absolute Gasteiger partial charge is 0.226 e. The first-order valence-electron chi connectivity index (χ1n) is 9.09. The van der Waals surface area contributed by atoms with Crippen molar-refractivity contribution in [2.75, 3.05) is 13.6 Å². The zero-order chi connectivity index (χ0) is 19.3. The van der Waals surface area contributed by atoms with E-state index in [1.165, 1.54) is 17.7 Å². The Labute approximate surface area is 160 Å². The lowest BCUT2D eigenvalue weighted by Crippen LogP contribution is -2.47. The number of rotatable bonds is 8. The van der Waals surface area contributed by atoms with E-state index in [9.17, 15) is 4.39 Å². The highest BCUT2D eigenvalue weighted by Gasteiger charge is 2.20. The van der Waals surface area contributed by atoms with Crippen LogP contribution in [0.5, 0.6) is 0 Å². The van der Waals surface area contributed by atoms with Crippen LogP contribution in [0.4, 0.5) is 4.39 Å². The number of hydrogen-bond donors (Lipinski definition) is 1. The Bertz CT molecular complexity index is 861. The largest absolute Gasteiger partial charge is 0.444 e. The summed E-state index contributed by atoms with van der Waals surface area (Å²) in [6.07, 6.45) is 1.62. The molecule has 0 saturated carbocycles. The van der Waals surface area contributed by atoms with Gasteiger partial charge in [0.2, 0.25) is 5.89 Å². The molecule has 0 bridgehead atoms. The first-order chi connectivity index (χ1) is 12.9. The van der Waals surface area contributed by atoms with Crippen molar-refractivity contribution in [3.8, 4) is 11.5 Å². The predicted molar refractivity (Wildman–Crippen MR) is 106 cm³/mol. The van der Waals surface area contributed by atoms with E-state index in [1.54, 1.807) is 18.4 Å². The van der Waals surface area contributed by atoms with Crippen LogP contribution < -0.4 is 5.32 Å². The molecule has 27 heavy (non-hydrogen) atoms. The van der Waals surface area contributed by atoms with Gasteiger partial charge in [0, 0.05) is 30.7 Å². The highest BCUT2D eigenvalue weighted by atomic mass is 19.1. The minimum Gasteiger partial charge on any atom is -0.444 e. The summed E-state index contributed by atoms with van der Waals surface area (Å²) in [6, 6.07) is 16.7. The third kappa shape index (κ3) is 5.74. The number of oxazole rings is 1. The van der Waals surface area contributed by atoms with Crippen LogP contribution in [0.1, 0.15) is 25.1 Å². The Hall–Kier alpha value is -2.50. The van der Waals surface area contributed by atoms with Gasteiger partial charge in [-0.2, -0.15) is 0 Å². The molecule has 0 saturated heterocycles. The van der Waals surface area contributed by atoms with Crippen molar-refractivity contribution in [2.45, 2.75) is 32.5 Å². The summed E-state index contributed by atoms with van der Waals surface area (Å²) in [4.78, 5) is 6.76. The lowest BCUT2D eigenvalue weighted by Gasteiger charge is -2.31. The number of nitrogens with one attached hydrogen (secondary N) is 1. The SMILES string of the molecule is CN(Cc1ccccc1)CC(C)(C)NCc1coc(-c2cccc(F)c2)n1. The molecule has 0 aliphatic carbocycles. The molecule has 3 aromatic rings. The van der Waals surface area contributed by atoms with Crippen molar-refractivity contribution in [3.05, 3.63) is 77.9 Å². The molecule has 1 heterocycles. The standard InChI is InChI=1S/C22H26FN3O/c1-22(2,16-26(3)14-17-8-5-4-6-9-17)24-13-20-15-27-21(25-20)18-10-7-11-19(23)12-18/h4-12,15,24H,13-14,16H2,1-3H3. The van der Waals surface area contributed by atoms with Gasteiger partial charge < -0.3 is 14.6 Å². The van der Waals surface area contributed by atoms with E-state index in [2.05, 4.69) is 60.4 Å². The Morgan fingerprint density at radius 1 is 1.11 bits per heavy atom. The molecule has 1 aromatic heterocycles. The highest BCUT2D eigenvalue weighted by molar-refractivity contribution is 5.52. The van der Waals surface area contributed by atoms with Crippen LogP contribution in [0.15, 0.2) is 65.3 Å². The van der Waals surface area contributed by atoms with Crippen LogP contribution in [0.25, 0.3) is 11.5 Å². The molecule has 0 aliphatic heterocycles. The second-order valence-corrected chi connectivity index (χ2v) is 7.55. The van der Waals surface area contributed by atoms with Crippen molar-refractivity contribution in [1.82, 2.24) is 15.2 Å². The van der Waals surface area contributed by atoms with Crippen LogP contribution in [0.2, 0.25) is 0 Å².